The normalized spacial score (nSPS) is 19.9. The van der Waals surface area contributed by atoms with Gasteiger partial charge in [-0.2, -0.15) is 8.78 Å². The Labute approximate surface area is 165 Å². The van der Waals surface area contributed by atoms with E-state index in [2.05, 4.69) is 9.73 Å². The standard InChI is InChI=1S/C21H18F2N2O2S/c1-13-2-6-15(7-3-13)24-21-25(16-8-9-16)19(26)18(28-21)12-14-4-10-17(11-5-14)27-20(22)23/h2-7,10-12,16,20H,8-9H2,1H3. The molecule has 1 aliphatic carbocycles. The van der Waals surface area contributed by atoms with Crippen LogP contribution in [0.1, 0.15) is 24.0 Å². The topological polar surface area (TPSA) is 41.9 Å². The average Bonchev–Trinajstić information content (AvgIpc) is 3.44. The lowest BCUT2D eigenvalue weighted by Gasteiger charge is -2.14. The first kappa shape index (κ1) is 18.7. The largest absolute Gasteiger partial charge is 0.435 e. The number of hydrogen-bond donors (Lipinski definition) is 0. The lowest BCUT2D eigenvalue weighted by Crippen LogP contribution is -2.31. The maximum absolute atomic E-state index is 12.9. The van der Waals surface area contributed by atoms with Gasteiger partial charge in [-0.05, 0) is 67.4 Å². The van der Waals surface area contributed by atoms with Gasteiger partial charge in [0.1, 0.15) is 5.75 Å². The van der Waals surface area contributed by atoms with Gasteiger partial charge in [0.05, 0.1) is 10.6 Å². The van der Waals surface area contributed by atoms with Gasteiger partial charge in [0, 0.05) is 6.04 Å². The summed E-state index contributed by atoms with van der Waals surface area (Å²) in [6.07, 6.45) is 3.71. The molecule has 2 aromatic rings. The molecular weight excluding hydrogens is 382 g/mol. The molecule has 0 unspecified atom stereocenters. The quantitative estimate of drug-likeness (QED) is 0.634. The minimum absolute atomic E-state index is 0.0636. The molecule has 2 aliphatic rings. The second-order valence-corrected chi connectivity index (χ2v) is 7.70. The third-order valence-corrected chi connectivity index (χ3v) is 5.39. The van der Waals surface area contributed by atoms with Crippen molar-refractivity contribution in [3.05, 3.63) is 64.6 Å². The van der Waals surface area contributed by atoms with Crippen LogP contribution in [-0.4, -0.2) is 28.6 Å². The lowest BCUT2D eigenvalue weighted by molar-refractivity contribution is -0.122. The van der Waals surface area contributed by atoms with Gasteiger partial charge in [0.15, 0.2) is 5.17 Å². The molecule has 1 amide bonds. The fourth-order valence-electron chi connectivity index (χ4n) is 2.85. The van der Waals surface area contributed by atoms with Gasteiger partial charge in [-0.3, -0.25) is 9.69 Å². The first-order valence-electron chi connectivity index (χ1n) is 8.93. The Morgan fingerprint density at radius 2 is 1.82 bits per heavy atom. The molecule has 2 fully saturated rings. The van der Waals surface area contributed by atoms with Crippen molar-refractivity contribution < 1.29 is 18.3 Å². The molecule has 0 radical (unpaired) electrons. The number of thioether (sulfide) groups is 1. The molecule has 1 heterocycles. The zero-order valence-corrected chi connectivity index (χ0v) is 16.0. The van der Waals surface area contributed by atoms with E-state index in [-0.39, 0.29) is 17.7 Å². The fourth-order valence-corrected chi connectivity index (χ4v) is 3.90. The van der Waals surface area contributed by atoms with Crippen molar-refractivity contribution >= 4 is 34.6 Å². The van der Waals surface area contributed by atoms with Crippen molar-refractivity contribution in [2.45, 2.75) is 32.4 Å². The predicted molar refractivity (Wildman–Crippen MR) is 107 cm³/mol. The number of amides is 1. The Kier molecular flexibility index (Phi) is 5.17. The summed E-state index contributed by atoms with van der Waals surface area (Å²) in [7, 11) is 0. The summed E-state index contributed by atoms with van der Waals surface area (Å²) in [6.45, 7) is -0.844. The maximum Gasteiger partial charge on any atom is 0.387 e. The van der Waals surface area contributed by atoms with Crippen LogP contribution in [-0.2, 0) is 4.79 Å². The summed E-state index contributed by atoms with van der Waals surface area (Å²) < 4.78 is 28.9. The zero-order chi connectivity index (χ0) is 19.7. The molecule has 4 rings (SSSR count). The Morgan fingerprint density at radius 1 is 1.14 bits per heavy atom. The molecule has 144 valence electrons. The van der Waals surface area contributed by atoms with Crippen LogP contribution in [0.3, 0.4) is 0 Å². The van der Waals surface area contributed by atoms with Crippen LogP contribution >= 0.6 is 11.8 Å². The Hall–Kier alpha value is -2.67. The summed E-state index contributed by atoms with van der Waals surface area (Å²) >= 11 is 1.34. The Bertz CT molecular complexity index is 936. The first-order chi connectivity index (χ1) is 13.5. The number of alkyl halides is 2. The van der Waals surface area contributed by atoms with Crippen LogP contribution in [0.2, 0.25) is 0 Å². The van der Waals surface area contributed by atoms with E-state index >= 15 is 0 Å². The maximum atomic E-state index is 12.9. The van der Waals surface area contributed by atoms with E-state index in [4.69, 9.17) is 0 Å². The number of carbonyl (C=O) groups excluding carboxylic acids is 1. The molecule has 2 aromatic carbocycles. The van der Waals surface area contributed by atoms with E-state index in [9.17, 15) is 13.6 Å². The number of nitrogens with zero attached hydrogens (tertiary/aromatic N) is 2. The van der Waals surface area contributed by atoms with Crippen LogP contribution in [0, 0.1) is 6.92 Å². The predicted octanol–water partition coefficient (Wildman–Crippen LogP) is 5.36. The molecule has 1 saturated carbocycles. The number of halogens is 2. The first-order valence-corrected chi connectivity index (χ1v) is 9.74. The highest BCUT2D eigenvalue weighted by atomic mass is 32.2. The molecule has 1 saturated heterocycles. The van der Waals surface area contributed by atoms with Crippen LogP contribution in [0.4, 0.5) is 14.5 Å². The van der Waals surface area contributed by atoms with Crippen molar-refractivity contribution in [3.63, 3.8) is 0 Å². The molecule has 0 bridgehead atoms. The lowest BCUT2D eigenvalue weighted by atomic mass is 10.2. The van der Waals surface area contributed by atoms with E-state index in [1.165, 1.54) is 23.9 Å². The highest BCUT2D eigenvalue weighted by molar-refractivity contribution is 8.18. The van der Waals surface area contributed by atoms with Crippen molar-refractivity contribution in [2.75, 3.05) is 0 Å². The van der Waals surface area contributed by atoms with Gasteiger partial charge in [-0.15, -0.1) is 0 Å². The fraction of sp³-hybridized carbons (Fsp3) is 0.238. The molecule has 0 N–H and O–H groups in total. The van der Waals surface area contributed by atoms with E-state index in [1.807, 2.05) is 31.2 Å². The van der Waals surface area contributed by atoms with Gasteiger partial charge in [0.25, 0.3) is 5.91 Å². The molecule has 4 nitrogen and oxygen atoms in total. The van der Waals surface area contributed by atoms with Crippen LogP contribution in [0.5, 0.6) is 5.75 Å². The smallest absolute Gasteiger partial charge is 0.387 e. The molecular formula is C21H18F2N2O2S. The van der Waals surface area contributed by atoms with Gasteiger partial charge in [-0.25, -0.2) is 4.99 Å². The summed E-state index contributed by atoms with van der Waals surface area (Å²) in [6, 6.07) is 14.3. The zero-order valence-electron chi connectivity index (χ0n) is 15.1. The second kappa shape index (κ2) is 7.75. The molecule has 1 aliphatic heterocycles. The van der Waals surface area contributed by atoms with Crippen LogP contribution in [0.15, 0.2) is 58.4 Å². The highest BCUT2D eigenvalue weighted by Crippen LogP contribution is 2.41. The third kappa shape index (κ3) is 4.25. The number of ether oxygens (including phenoxy) is 1. The Balaban J connectivity index is 1.59. The molecule has 7 heteroatoms. The van der Waals surface area contributed by atoms with Crippen molar-refractivity contribution in [1.82, 2.24) is 4.90 Å². The Morgan fingerprint density at radius 3 is 2.43 bits per heavy atom. The molecule has 28 heavy (non-hydrogen) atoms. The van der Waals surface area contributed by atoms with Gasteiger partial charge in [-0.1, -0.05) is 29.8 Å². The number of rotatable bonds is 5. The van der Waals surface area contributed by atoms with Crippen molar-refractivity contribution in [3.8, 4) is 5.75 Å². The van der Waals surface area contributed by atoms with Crippen LogP contribution in [0.25, 0.3) is 6.08 Å². The third-order valence-electron chi connectivity index (χ3n) is 4.41. The number of benzene rings is 2. The summed E-state index contributed by atoms with van der Waals surface area (Å²) in [5.74, 6) is 0.0232. The molecule has 0 atom stereocenters. The SMILES string of the molecule is Cc1ccc(N=C2SC(=Cc3ccc(OC(F)F)cc3)C(=O)N2C2CC2)cc1. The summed E-state index contributed by atoms with van der Waals surface area (Å²) in [5, 5.41) is 0.681. The summed E-state index contributed by atoms with van der Waals surface area (Å²) in [4.78, 5) is 19.9. The number of amidine groups is 1. The number of aliphatic imine (C=N–C) groups is 1. The van der Waals surface area contributed by atoms with Gasteiger partial charge < -0.3 is 4.74 Å². The monoisotopic (exact) mass is 400 g/mol. The molecule has 0 aromatic heterocycles. The van der Waals surface area contributed by atoms with E-state index in [0.717, 1.165) is 29.7 Å². The van der Waals surface area contributed by atoms with E-state index < -0.39 is 6.61 Å². The highest BCUT2D eigenvalue weighted by Gasteiger charge is 2.42. The van der Waals surface area contributed by atoms with E-state index in [1.54, 1.807) is 23.1 Å². The van der Waals surface area contributed by atoms with Gasteiger partial charge in [0.2, 0.25) is 0 Å². The minimum atomic E-state index is -2.86. The summed E-state index contributed by atoms with van der Waals surface area (Å²) in [5.41, 5.74) is 2.70. The van der Waals surface area contributed by atoms with Crippen molar-refractivity contribution in [1.29, 1.82) is 0 Å². The number of hydrogen-bond acceptors (Lipinski definition) is 4. The van der Waals surface area contributed by atoms with E-state index in [0.29, 0.717) is 10.1 Å². The number of aryl methyl sites for hydroxylation is 1. The van der Waals surface area contributed by atoms with Gasteiger partial charge >= 0.3 is 6.61 Å². The minimum Gasteiger partial charge on any atom is -0.435 e. The second-order valence-electron chi connectivity index (χ2n) is 6.69. The van der Waals surface area contributed by atoms with Crippen molar-refractivity contribution in [2.24, 2.45) is 4.99 Å². The van der Waals surface area contributed by atoms with Crippen LogP contribution < -0.4 is 4.74 Å². The average molecular weight is 400 g/mol. The molecule has 0 spiro atoms. The number of carbonyl (C=O) groups is 1.